The molecule has 82 valence electrons. The van der Waals surface area contributed by atoms with Crippen molar-refractivity contribution in [1.82, 2.24) is 4.98 Å². The molecule has 3 nitrogen and oxygen atoms in total. The van der Waals surface area contributed by atoms with Crippen molar-refractivity contribution in [1.29, 1.82) is 0 Å². The molecule has 16 heavy (non-hydrogen) atoms. The summed E-state index contributed by atoms with van der Waals surface area (Å²) in [6.07, 6.45) is 1.58. The molecular formula is C12H11ClN2O. The predicted molar refractivity (Wildman–Crippen MR) is 64.9 cm³/mol. The molecule has 0 unspecified atom stereocenters. The van der Waals surface area contributed by atoms with Gasteiger partial charge in [0.05, 0.1) is 11.9 Å². The van der Waals surface area contributed by atoms with Gasteiger partial charge in [0.2, 0.25) is 5.88 Å². The zero-order valence-corrected chi connectivity index (χ0v) is 9.53. The highest BCUT2D eigenvalue weighted by atomic mass is 35.5. The number of aryl methyl sites for hydroxylation is 1. The quantitative estimate of drug-likeness (QED) is 0.866. The molecule has 2 aromatic rings. The Morgan fingerprint density at radius 1 is 1.25 bits per heavy atom. The number of halogens is 1. The van der Waals surface area contributed by atoms with Gasteiger partial charge in [0, 0.05) is 11.1 Å². The molecule has 1 aromatic carbocycles. The summed E-state index contributed by atoms with van der Waals surface area (Å²) in [4.78, 5) is 4.08. The second-order valence-corrected chi connectivity index (χ2v) is 3.87. The smallest absolute Gasteiger partial charge is 0.219 e. The van der Waals surface area contributed by atoms with Crippen LogP contribution < -0.4 is 10.5 Å². The first kappa shape index (κ1) is 10.8. The summed E-state index contributed by atoms with van der Waals surface area (Å²) in [6, 6.07) is 8.90. The van der Waals surface area contributed by atoms with E-state index in [1.807, 2.05) is 6.92 Å². The minimum Gasteiger partial charge on any atom is -0.439 e. The van der Waals surface area contributed by atoms with E-state index in [-0.39, 0.29) is 0 Å². The summed E-state index contributed by atoms with van der Waals surface area (Å²) in [7, 11) is 0. The zero-order chi connectivity index (χ0) is 11.5. The van der Waals surface area contributed by atoms with E-state index in [0.29, 0.717) is 22.3 Å². The largest absolute Gasteiger partial charge is 0.439 e. The third-order valence-corrected chi connectivity index (χ3v) is 2.41. The monoisotopic (exact) mass is 234 g/mol. The van der Waals surface area contributed by atoms with E-state index in [1.54, 1.807) is 36.5 Å². The van der Waals surface area contributed by atoms with E-state index in [4.69, 9.17) is 22.1 Å². The SMILES string of the molecule is Cc1cc(Oc2ccc(Cl)cc2)ncc1N. The van der Waals surface area contributed by atoms with E-state index >= 15 is 0 Å². The van der Waals surface area contributed by atoms with Crippen molar-refractivity contribution >= 4 is 17.3 Å². The fourth-order valence-corrected chi connectivity index (χ4v) is 1.35. The first-order chi connectivity index (χ1) is 7.65. The number of hydrogen-bond donors (Lipinski definition) is 1. The molecular weight excluding hydrogens is 224 g/mol. The standard InChI is InChI=1S/C12H11ClN2O/c1-8-6-12(15-7-11(8)14)16-10-4-2-9(13)3-5-10/h2-7H,14H2,1H3. The number of nitrogen functional groups attached to an aromatic ring is 1. The molecule has 0 amide bonds. The lowest BCUT2D eigenvalue weighted by Crippen LogP contribution is -1.93. The first-order valence-electron chi connectivity index (χ1n) is 4.81. The zero-order valence-electron chi connectivity index (χ0n) is 8.77. The summed E-state index contributed by atoms with van der Waals surface area (Å²) in [5.74, 6) is 1.22. The van der Waals surface area contributed by atoms with Crippen LogP contribution >= 0.6 is 11.6 Å². The fraction of sp³-hybridized carbons (Fsp3) is 0.0833. The Bertz CT molecular complexity index is 497. The first-order valence-corrected chi connectivity index (χ1v) is 5.18. The van der Waals surface area contributed by atoms with Gasteiger partial charge in [-0.1, -0.05) is 11.6 Å². The average Bonchev–Trinajstić information content (AvgIpc) is 2.27. The molecule has 0 aliphatic heterocycles. The molecule has 4 heteroatoms. The molecule has 0 fully saturated rings. The number of benzene rings is 1. The Morgan fingerprint density at radius 2 is 1.94 bits per heavy atom. The van der Waals surface area contributed by atoms with E-state index in [9.17, 15) is 0 Å². The molecule has 1 aromatic heterocycles. The topological polar surface area (TPSA) is 48.1 Å². The molecule has 2 rings (SSSR count). The Hall–Kier alpha value is -1.74. The predicted octanol–water partition coefficient (Wildman–Crippen LogP) is 3.42. The molecule has 2 N–H and O–H groups in total. The molecule has 0 aliphatic carbocycles. The number of pyridine rings is 1. The highest BCUT2D eigenvalue weighted by molar-refractivity contribution is 6.30. The molecule has 0 saturated heterocycles. The second-order valence-electron chi connectivity index (χ2n) is 3.44. The molecule has 0 atom stereocenters. The number of ether oxygens (including phenoxy) is 1. The van der Waals surface area contributed by atoms with Gasteiger partial charge in [0.15, 0.2) is 0 Å². The van der Waals surface area contributed by atoms with E-state index in [2.05, 4.69) is 4.98 Å². The van der Waals surface area contributed by atoms with Crippen molar-refractivity contribution < 1.29 is 4.74 Å². The lowest BCUT2D eigenvalue weighted by Gasteiger charge is -2.06. The fourth-order valence-electron chi connectivity index (χ4n) is 1.22. The van der Waals surface area contributed by atoms with Gasteiger partial charge in [0.1, 0.15) is 5.75 Å². The molecule has 0 radical (unpaired) electrons. The van der Waals surface area contributed by atoms with Crippen LogP contribution in [0.3, 0.4) is 0 Å². The Balaban J connectivity index is 2.20. The molecule has 0 bridgehead atoms. The number of rotatable bonds is 2. The minimum absolute atomic E-state index is 0.522. The summed E-state index contributed by atoms with van der Waals surface area (Å²) in [6.45, 7) is 1.91. The Kier molecular flexibility index (Phi) is 2.97. The maximum atomic E-state index is 5.77. The maximum Gasteiger partial charge on any atom is 0.219 e. The minimum atomic E-state index is 0.522. The number of hydrogen-bond acceptors (Lipinski definition) is 3. The lowest BCUT2D eigenvalue weighted by atomic mass is 10.2. The van der Waals surface area contributed by atoms with Crippen LogP contribution in [-0.2, 0) is 0 Å². The second kappa shape index (κ2) is 4.41. The van der Waals surface area contributed by atoms with Crippen LogP contribution in [0.2, 0.25) is 5.02 Å². The molecule has 1 heterocycles. The number of nitrogens with two attached hydrogens (primary N) is 1. The molecule has 0 saturated carbocycles. The van der Waals surface area contributed by atoms with E-state index < -0.39 is 0 Å². The Morgan fingerprint density at radius 3 is 2.56 bits per heavy atom. The Labute approximate surface area is 98.8 Å². The number of anilines is 1. The van der Waals surface area contributed by atoms with Crippen LogP contribution in [-0.4, -0.2) is 4.98 Å². The van der Waals surface area contributed by atoms with Gasteiger partial charge in [0.25, 0.3) is 0 Å². The van der Waals surface area contributed by atoms with Crippen molar-refractivity contribution in [2.45, 2.75) is 6.92 Å². The van der Waals surface area contributed by atoms with Crippen LogP contribution in [0.25, 0.3) is 0 Å². The van der Waals surface area contributed by atoms with Crippen LogP contribution in [0.15, 0.2) is 36.5 Å². The third-order valence-electron chi connectivity index (χ3n) is 2.16. The molecule has 0 aliphatic rings. The van der Waals surface area contributed by atoms with E-state index in [0.717, 1.165) is 5.56 Å². The van der Waals surface area contributed by atoms with E-state index in [1.165, 1.54) is 0 Å². The van der Waals surface area contributed by atoms with Crippen LogP contribution in [0.1, 0.15) is 5.56 Å². The maximum absolute atomic E-state index is 5.77. The van der Waals surface area contributed by atoms with Gasteiger partial charge in [-0.05, 0) is 36.8 Å². The van der Waals surface area contributed by atoms with Crippen molar-refractivity contribution in [2.75, 3.05) is 5.73 Å². The highest BCUT2D eigenvalue weighted by Gasteiger charge is 2.01. The van der Waals surface area contributed by atoms with Crippen LogP contribution in [0.4, 0.5) is 5.69 Å². The average molecular weight is 235 g/mol. The van der Waals surface area contributed by atoms with Gasteiger partial charge >= 0.3 is 0 Å². The highest BCUT2D eigenvalue weighted by Crippen LogP contribution is 2.23. The van der Waals surface area contributed by atoms with Gasteiger partial charge < -0.3 is 10.5 Å². The number of aromatic nitrogens is 1. The van der Waals surface area contributed by atoms with Gasteiger partial charge in [-0.25, -0.2) is 4.98 Å². The van der Waals surface area contributed by atoms with Gasteiger partial charge in [-0.3, -0.25) is 0 Å². The summed E-state index contributed by atoms with van der Waals surface area (Å²) in [5.41, 5.74) is 7.27. The summed E-state index contributed by atoms with van der Waals surface area (Å²) in [5, 5.41) is 0.675. The van der Waals surface area contributed by atoms with Crippen molar-refractivity contribution in [3.63, 3.8) is 0 Å². The molecule has 0 spiro atoms. The summed E-state index contributed by atoms with van der Waals surface area (Å²) >= 11 is 5.77. The van der Waals surface area contributed by atoms with Crippen molar-refractivity contribution in [3.05, 3.63) is 47.1 Å². The van der Waals surface area contributed by atoms with Crippen LogP contribution in [0.5, 0.6) is 11.6 Å². The lowest BCUT2D eigenvalue weighted by molar-refractivity contribution is 0.462. The van der Waals surface area contributed by atoms with Crippen molar-refractivity contribution in [2.24, 2.45) is 0 Å². The van der Waals surface area contributed by atoms with Crippen molar-refractivity contribution in [3.8, 4) is 11.6 Å². The number of nitrogens with zero attached hydrogens (tertiary/aromatic N) is 1. The third kappa shape index (κ3) is 2.44. The van der Waals surface area contributed by atoms with Gasteiger partial charge in [-0.15, -0.1) is 0 Å². The normalized spacial score (nSPS) is 10.1. The summed E-state index contributed by atoms with van der Waals surface area (Å²) < 4.78 is 5.54. The van der Waals surface area contributed by atoms with Crippen LogP contribution in [0, 0.1) is 6.92 Å². The van der Waals surface area contributed by atoms with Gasteiger partial charge in [-0.2, -0.15) is 0 Å².